The van der Waals surface area contributed by atoms with Gasteiger partial charge in [0.25, 0.3) is 0 Å². The Hall–Kier alpha value is -0.860. The molecule has 1 saturated heterocycles. The number of likely N-dealkylation sites (tertiary alicyclic amines) is 1. The molecule has 2 nitrogen and oxygen atoms in total. The van der Waals surface area contributed by atoms with Gasteiger partial charge in [0.15, 0.2) is 0 Å². The normalized spacial score (nSPS) is 21.0. The van der Waals surface area contributed by atoms with Crippen molar-refractivity contribution in [1.29, 1.82) is 0 Å². The van der Waals surface area contributed by atoms with E-state index in [0.717, 1.165) is 0 Å². The number of rotatable bonds is 3. The lowest BCUT2D eigenvalue weighted by atomic mass is 9.85. The van der Waals surface area contributed by atoms with Gasteiger partial charge in [0.1, 0.15) is 0 Å². The van der Waals surface area contributed by atoms with E-state index in [1.807, 2.05) is 0 Å². The molecule has 0 radical (unpaired) electrons. The maximum Gasteiger partial charge on any atom is 0.0475 e. The van der Waals surface area contributed by atoms with Crippen LogP contribution in [0.4, 0.5) is 0 Å². The van der Waals surface area contributed by atoms with E-state index in [-0.39, 0.29) is 0 Å². The van der Waals surface area contributed by atoms with Crippen molar-refractivity contribution in [3.63, 3.8) is 0 Å². The lowest BCUT2D eigenvalue weighted by Gasteiger charge is -2.33. The minimum atomic E-state index is 0.375. The van der Waals surface area contributed by atoms with Crippen molar-refractivity contribution in [3.05, 3.63) is 34.4 Å². The molecule has 1 aromatic carbocycles. The summed E-state index contributed by atoms with van der Waals surface area (Å²) in [5.41, 5.74) is 12.3. The van der Waals surface area contributed by atoms with Gasteiger partial charge in [-0.2, -0.15) is 0 Å². The van der Waals surface area contributed by atoms with Gasteiger partial charge in [-0.15, -0.1) is 0 Å². The highest BCUT2D eigenvalue weighted by Crippen LogP contribution is 2.34. The lowest BCUT2D eigenvalue weighted by Crippen LogP contribution is -2.35. The Morgan fingerprint density at radius 2 is 1.71 bits per heavy atom. The molecule has 0 amide bonds. The van der Waals surface area contributed by atoms with Crippen molar-refractivity contribution < 1.29 is 0 Å². The Labute approximate surface area is 130 Å². The summed E-state index contributed by atoms with van der Waals surface area (Å²) in [6, 6.07) is 4.97. The van der Waals surface area contributed by atoms with Gasteiger partial charge in [-0.05, 0) is 75.2 Å². The average Bonchev–Trinajstić information content (AvgIpc) is 2.55. The molecule has 0 spiro atoms. The number of nitrogens with zero attached hydrogens (tertiary/aromatic N) is 1. The Kier molecular flexibility index (Phi) is 5.11. The van der Waals surface area contributed by atoms with Gasteiger partial charge in [-0.1, -0.05) is 31.5 Å². The Morgan fingerprint density at radius 1 is 1.10 bits per heavy atom. The molecule has 0 aliphatic carbocycles. The van der Waals surface area contributed by atoms with Gasteiger partial charge in [0, 0.05) is 12.6 Å². The fourth-order valence-corrected chi connectivity index (χ4v) is 3.92. The van der Waals surface area contributed by atoms with E-state index < -0.39 is 0 Å². The minimum absolute atomic E-state index is 0.375. The van der Waals surface area contributed by atoms with E-state index >= 15 is 0 Å². The molecule has 0 saturated carbocycles. The monoisotopic (exact) mass is 288 g/mol. The second-order valence-corrected chi connectivity index (χ2v) is 7.62. The molecule has 2 heteroatoms. The zero-order valence-corrected chi connectivity index (χ0v) is 14.5. The van der Waals surface area contributed by atoms with Crippen molar-refractivity contribution >= 4 is 0 Å². The first-order chi connectivity index (χ1) is 9.84. The van der Waals surface area contributed by atoms with Gasteiger partial charge >= 0.3 is 0 Å². The van der Waals surface area contributed by atoms with Crippen LogP contribution in [0.5, 0.6) is 0 Å². The summed E-state index contributed by atoms with van der Waals surface area (Å²) in [5.74, 6) is 0. The molecular weight excluding hydrogens is 256 g/mol. The smallest absolute Gasteiger partial charge is 0.0475 e. The molecule has 1 aliphatic rings. The number of nitrogens with two attached hydrogens (primary N) is 1. The summed E-state index contributed by atoms with van der Waals surface area (Å²) < 4.78 is 0. The van der Waals surface area contributed by atoms with Gasteiger partial charge in [-0.3, -0.25) is 4.90 Å². The first-order valence-electron chi connectivity index (χ1n) is 8.36. The summed E-state index contributed by atoms with van der Waals surface area (Å²) in [6.45, 7) is 14.5. The maximum atomic E-state index is 6.19. The van der Waals surface area contributed by atoms with Crippen LogP contribution in [0.1, 0.15) is 61.4 Å². The van der Waals surface area contributed by atoms with Gasteiger partial charge < -0.3 is 5.73 Å². The minimum Gasteiger partial charge on any atom is -0.329 e. The van der Waals surface area contributed by atoms with Crippen LogP contribution in [0, 0.1) is 26.2 Å². The lowest BCUT2D eigenvalue weighted by molar-refractivity contribution is 0.199. The summed E-state index contributed by atoms with van der Waals surface area (Å²) in [7, 11) is 0. The number of hydrogen-bond acceptors (Lipinski definition) is 2. The van der Waals surface area contributed by atoms with E-state index in [1.54, 1.807) is 0 Å². The van der Waals surface area contributed by atoms with Crippen molar-refractivity contribution in [3.8, 4) is 0 Å². The van der Waals surface area contributed by atoms with Crippen molar-refractivity contribution in [1.82, 2.24) is 4.90 Å². The van der Waals surface area contributed by atoms with Crippen LogP contribution < -0.4 is 5.73 Å². The standard InChI is InChI=1S/C19H32N2/c1-14-11-15(2)18(16(3)12-14)17(13-20)21-9-6-7-19(4,5)8-10-21/h11-12,17H,6-10,13,20H2,1-5H3. The average molecular weight is 288 g/mol. The molecule has 2 N–H and O–H groups in total. The second-order valence-electron chi connectivity index (χ2n) is 7.62. The highest BCUT2D eigenvalue weighted by molar-refractivity contribution is 5.40. The third-order valence-electron chi connectivity index (χ3n) is 5.11. The number of aryl methyl sites for hydroxylation is 3. The van der Waals surface area contributed by atoms with Crippen LogP contribution in [-0.2, 0) is 0 Å². The van der Waals surface area contributed by atoms with Gasteiger partial charge in [0.2, 0.25) is 0 Å². The number of benzene rings is 1. The predicted octanol–water partition coefficient (Wildman–Crippen LogP) is 4.12. The maximum absolute atomic E-state index is 6.19. The molecular formula is C19H32N2. The van der Waals surface area contributed by atoms with Crippen LogP contribution in [-0.4, -0.2) is 24.5 Å². The number of hydrogen-bond donors (Lipinski definition) is 1. The molecule has 1 heterocycles. The molecule has 1 aliphatic heterocycles. The summed E-state index contributed by atoms with van der Waals surface area (Å²) in [4.78, 5) is 2.62. The molecule has 2 rings (SSSR count). The van der Waals surface area contributed by atoms with E-state index in [1.165, 1.54) is 54.6 Å². The zero-order chi connectivity index (χ0) is 15.6. The molecule has 21 heavy (non-hydrogen) atoms. The molecule has 0 bridgehead atoms. The third-order valence-corrected chi connectivity index (χ3v) is 5.11. The highest BCUT2D eigenvalue weighted by Gasteiger charge is 2.28. The summed E-state index contributed by atoms with van der Waals surface area (Å²) >= 11 is 0. The first kappa shape index (κ1) is 16.5. The SMILES string of the molecule is Cc1cc(C)c(C(CN)N2CCCC(C)(C)CC2)c(C)c1. The van der Waals surface area contributed by atoms with E-state index in [9.17, 15) is 0 Å². The van der Waals surface area contributed by atoms with Crippen LogP contribution in [0.2, 0.25) is 0 Å². The van der Waals surface area contributed by atoms with Crippen LogP contribution in [0.3, 0.4) is 0 Å². The van der Waals surface area contributed by atoms with E-state index in [2.05, 4.69) is 51.7 Å². The molecule has 1 fully saturated rings. The molecule has 1 unspecified atom stereocenters. The van der Waals surface area contributed by atoms with Crippen LogP contribution >= 0.6 is 0 Å². The van der Waals surface area contributed by atoms with Crippen molar-refractivity contribution in [2.75, 3.05) is 19.6 Å². The van der Waals surface area contributed by atoms with Gasteiger partial charge in [-0.25, -0.2) is 0 Å². The van der Waals surface area contributed by atoms with E-state index in [4.69, 9.17) is 5.73 Å². The van der Waals surface area contributed by atoms with Gasteiger partial charge in [0.05, 0.1) is 0 Å². The summed E-state index contributed by atoms with van der Waals surface area (Å²) in [6.07, 6.45) is 3.88. The van der Waals surface area contributed by atoms with Crippen molar-refractivity contribution in [2.45, 2.75) is 59.9 Å². The Morgan fingerprint density at radius 3 is 2.29 bits per heavy atom. The Balaban J connectivity index is 2.28. The van der Waals surface area contributed by atoms with E-state index in [0.29, 0.717) is 18.0 Å². The zero-order valence-electron chi connectivity index (χ0n) is 14.5. The van der Waals surface area contributed by atoms with Crippen molar-refractivity contribution in [2.24, 2.45) is 11.1 Å². The predicted molar refractivity (Wildman–Crippen MR) is 91.7 cm³/mol. The van der Waals surface area contributed by atoms with Crippen LogP contribution in [0.25, 0.3) is 0 Å². The fourth-order valence-electron chi connectivity index (χ4n) is 3.92. The molecule has 118 valence electrons. The quantitative estimate of drug-likeness (QED) is 0.906. The molecule has 1 aromatic rings. The highest BCUT2D eigenvalue weighted by atomic mass is 15.2. The third kappa shape index (κ3) is 3.87. The summed E-state index contributed by atoms with van der Waals surface area (Å²) in [5, 5.41) is 0. The topological polar surface area (TPSA) is 29.3 Å². The molecule has 0 aromatic heterocycles. The second kappa shape index (κ2) is 6.50. The van der Waals surface area contributed by atoms with Crippen LogP contribution in [0.15, 0.2) is 12.1 Å². The first-order valence-corrected chi connectivity index (χ1v) is 8.36. The fraction of sp³-hybridized carbons (Fsp3) is 0.684. The molecule has 1 atom stereocenters. The largest absolute Gasteiger partial charge is 0.329 e. The Bertz CT molecular complexity index is 467.